The predicted molar refractivity (Wildman–Crippen MR) is 151 cm³/mol. The molecular weight excluding hydrogens is 498 g/mol. The van der Waals surface area contributed by atoms with Crippen molar-refractivity contribution < 1.29 is 19.8 Å². The normalized spacial score (nSPS) is 16.3. The predicted octanol–water partition coefficient (Wildman–Crippen LogP) is 6.87. The van der Waals surface area contributed by atoms with Gasteiger partial charge >= 0.3 is 5.97 Å². The minimum absolute atomic E-state index is 0.0397. The van der Waals surface area contributed by atoms with E-state index in [0.717, 1.165) is 59.4 Å². The molecule has 1 fully saturated rings. The van der Waals surface area contributed by atoms with Crippen LogP contribution >= 0.6 is 11.6 Å². The summed E-state index contributed by atoms with van der Waals surface area (Å²) in [7, 11) is 0. The summed E-state index contributed by atoms with van der Waals surface area (Å²) in [5, 5.41) is 20.7. The molecule has 1 unspecified atom stereocenters. The van der Waals surface area contributed by atoms with E-state index in [2.05, 4.69) is 13.0 Å². The standard InChI is InChI=1S/C32H34ClNO4/c1-2-5-24-21-27(33)13-16-29(24)25-7-3-8-26(20-25)30(35)17-14-28-15-18-31(36)34(28)19-4-6-22-9-11-23(12-10-22)32(37)38/h3,7-14,16-17,20-21,28,30,35H,2,4-6,15,18-19H2,1H3,(H,37,38)/b17-14+/t28-,30?/m0/s1. The van der Waals surface area contributed by atoms with Gasteiger partial charge in [0.2, 0.25) is 5.91 Å². The number of hydrogen-bond donors (Lipinski definition) is 2. The number of aliphatic hydroxyl groups is 1. The first-order valence-electron chi connectivity index (χ1n) is 13.2. The van der Waals surface area contributed by atoms with E-state index in [9.17, 15) is 14.7 Å². The molecule has 4 rings (SSSR count). The molecule has 1 amide bonds. The van der Waals surface area contributed by atoms with E-state index in [1.165, 1.54) is 5.56 Å². The highest BCUT2D eigenvalue weighted by molar-refractivity contribution is 6.30. The molecule has 0 saturated carbocycles. The molecule has 1 aliphatic rings. The zero-order chi connectivity index (χ0) is 27.1. The third kappa shape index (κ3) is 6.91. The second-order valence-corrected chi connectivity index (χ2v) is 10.2. The Balaban J connectivity index is 1.39. The van der Waals surface area contributed by atoms with Gasteiger partial charge in [-0.05, 0) is 83.8 Å². The number of carboxylic acids is 1. The number of carbonyl (C=O) groups is 2. The maximum atomic E-state index is 12.5. The Bertz CT molecular complexity index is 1300. The molecule has 1 aliphatic heterocycles. The zero-order valence-corrected chi connectivity index (χ0v) is 22.4. The van der Waals surface area contributed by atoms with Crippen LogP contribution in [0.15, 0.2) is 78.9 Å². The van der Waals surface area contributed by atoms with E-state index >= 15 is 0 Å². The van der Waals surface area contributed by atoms with Crippen LogP contribution in [0.4, 0.5) is 0 Å². The minimum atomic E-state index is -0.936. The second-order valence-electron chi connectivity index (χ2n) is 9.81. The smallest absolute Gasteiger partial charge is 0.335 e. The molecule has 0 bridgehead atoms. The van der Waals surface area contributed by atoms with Crippen LogP contribution in [0.1, 0.15) is 65.8 Å². The Hall–Kier alpha value is -3.41. The molecule has 0 spiro atoms. The number of carboxylic acid groups (broad SMARTS) is 1. The molecule has 2 atom stereocenters. The quantitative estimate of drug-likeness (QED) is 0.265. The Morgan fingerprint density at radius 3 is 2.63 bits per heavy atom. The van der Waals surface area contributed by atoms with Crippen LogP contribution in [0.5, 0.6) is 0 Å². The number of likely N-dealkylation sites (tertiary alicyclic amines) is 1. The number of halogens is 1. The first-order valence-corrected chi connectivity index (χ1v) is 13.6. The van der Waals surface area contributed by atoms with Crippen molar-refractivity contribution in [3.63, 3.8) is 0 Å². The Morgan fingerprint density at radius 1 is 1.11 bits per heavy atom. The number of benzene rings is 3. The van der Waals surface area contributed by atoms with Gasteiger partial charge in [-0.2, -0.15) is 0 Å². The lowest BCUT2D eigenvalue weighted by Gasteiger charge is -2.23. The van der Waals surface area contributed by atoms with Gasteiger partial charge in [0.05, 0.1) is 17.7 Å². The molecule has 2 N–H and O–H groups in total. The Morgan fingerprint density at radius 2 is 1.89 bits per heavy atom. The monoisotopic (exact) mass is 531 g/mol. The lowest BCUT2D eigenvalue weighted by atomic mass is 9.94. The maximum Gasteiger partial charge on any atom is 0.335 e. The third-order valence-electron chi connectivity index (χ3n) is 7.08. The number of hydrogen-bond acceptors (Lipinski definition) is 3. The average molecular weight is 532 g/mol. The molecule has 38 heavy (non-hydrogen) atoms. The van der Waals surface area contributed by atoms with Crippen molar-refractivity contribution in [2.75, 3.05) is 6.54 Å². The van der Waals surface area contributed by atoms with Gasteiger partial charge in [0.15, 0.2) is 0 Å². The lowest BCUT2D eigenvalue weighted by Crippen LogP contribution is -2.33. The largest absolute Gasteiger partial charge is 0.478 e. The second kappa shape index (κ2) is 12.9. The molecule has 0 aromatic heterocycles. The average Bonchev–Trinajstić information content (AvgIpc) is 3.27. The number of aryl methyl sites for hydroxylation is 2. The molecule has 6 heteroatoms. The van der Waals surface area contributed by atoms with Crippen molar-refractivity contribution in [1.29, 1.82) is 0 Å². The topological polar surface area (TPSA) is 77.8 Å². The van der Waals surface area contributed by atoms with Crippen molar-refractivity contribution in [2.45, 2.75) is 57.6 Å². The number of carbonyl (C=O) groups excluding carboxylic acids is 1. The van der Waals surface area contributed by atoms with Crippen LogP contribution in [0, 0.1) is 0 Å². The summed E-state index contributed by atoms with van der Waals surface area (Å²) in [6.45, 7) is 2.77. The molecule has 0 aliphatic carbocycles. The van der Waals surface area contributed by atoms with Crippen LogP contribution in [-0.4, -0.2) is 39.6 Å². The van der Waals surface area contributed by atoms with Crippen LogP contribution in [0.3, 0.4) is 0 Å². The molecule has 3 aromatic carbocycles. The van der Waals surface area contributed by atoms with E-state index in [4.69, 9.17) is 16.7 Å². The summed E-state index contributed by atoms with van der Waals surface area (Å²) in [4.78, 5) is 25.4. The summed E-state index contributed by atoms with van der Waals surface area (Å²) in [5.74, 6) is -0.808. The lowest BCUT2D eigenvalue weighted by molar-refractivity contribution is -0.128. The third-order valence-corrected chi connectivity index (χ3v) is 7.32. The van der Waals surface area contributed by atoms with Gasteiger partial charge in [0.25, 0.3) is 0 Å². The van der Waals surface area contributed by atoms with Gasteiger partial charge in [-0.1, -0.05) is 73.5 Å². The summed E-state index contributed by atoms with van der Waals surface area (Å²) in [6.07, 6.45) is 7.71. The molecule has 3 aromatic rings. The molecule has 5 nitrogen and oxygen atoms in total. The highest BCUT2D eigenvalue weighted by Gasteiger charge is 2.28. The number of aliphatic hydroxyl groups excluding tert-OH is 1. The van der Waals surface area contributed by atoms with Gasteiger partial charge in [-0.15, -0.1) is 0 Å². The van der Waals surface area contributed by atoms with Gasteiger partial charge in [0.1, 0.15) is 0 Å². The Kier molecular flexibility index (Phi) is 9.38. The number of aromatic carboxylic acids is 1. The molecular formula is C32H34ClNO4. The molecule has 0 radical (unpaired) electrons. The van der Waals surface area contributed by atoms with Crippen molar-refractivity contribution in [3.05, 3.63) is 106 Å². The highest BCUT2D eigenvalue weighted by atomic mass is 35.5. The van der Waals surface area contributed by atoms with Crippen molar-refractivity contribution in [2.24, 2.45) is 0 Å². The zero-order valence-electron chi connectivity index (χ0n) is 21.6. The van der Waals surface area contributed by atoms with Crippen molar-refractivity contribution >= 4 is 23.5 Å². The van der Waals surface area contributed by atoms with Crippen LogP contribution in [-0.2, 0) is 17.6 Å². The van der Waals surface area contributed by atoms with Gasteiger partial charge < -0.3 is 15.1 Å². The van der Waals surface area contributed by atoms with Gasteiger partial charge in [0, 0.05) is 18.0 Å². The number of amides is 1. The molecule has 1 saturated heterocycles. The van der Waals surface area contributed by atoms with E-state index in [1.807, 2.05) is 59.5 Å². The summed E-state index contributed by atoms with van der Waals surface area (Å²) in [6, 6.07) is 20.7. The summed E-state index contributed by atoms with van der Waals surface area (Å²) >= 11 is 6.23. The first kappa shape index (κ1) is 27.6. The fourth-order valence-electron chi connectivity index (χ4n) is 5.07. The molecule has 198 valence electrons. The molecule has 1 heterocycles. The SMILES string of the molecule is CCCc1cc(Cl)ccc1-c1cccc(C(O)/C=C/[C@H]2CCC(=O)N2CCCc2ccc(C(=O)O)cc2)c1. The van der Waals surface area contributed by atoms with Crippen molar-refractivity contribution in [1.82, 2.24) is 4.90 Å². The van der Waals surface area contributed by atoms with Crippen molar-refractivity contribution in [3.8, 4) is 11.1 Å². The van der Waals surface area contributed by atoms with E-state index in [-0.39, 0.29) is 17.5 Å². The van der Waals surface area contributed by atoms with E-state index in [1.54, 1.807) is 18.2 Å². The number of rotatable bonds is 11. The minimum Gasteiger partial charge on any atom is -0.478 e. The fourth-order valence-corrected chi connectivity index (χ4v) is 5.26. The Labute approximate surface area is 229 Å². The van der Waals surface area contributed by atoms with Crippen LogP contribution in [0.25, 0.3) is 11.1 Å². The summed E-state index contributed by atoms with van der Waals surface area (Å²) < 4.78 is 0. The van der Waals surface area contributed by atoms with E-state index in [0.29, 0.717) is 13.0 Å². The summed E-state index contributed by atoms with van der Waals surface area (Å²) in [5.41, 5.74) is 5.49. The highest BCUT2D eigenvalue weighted by Crippen LogP contribution is 2.30. The van der Waals surface area contributed by atoms with Gasteiger partial charge in [-0.3, -0.25) is 4.79 Å². The fraction of sp³-hybridized carbons (Fsp3) is 0.312. The van der Waals surface area contributed by atoms with Crippen LogP contribution < -0.4 is 0 Å². The van der Waals surface area contributed by atoms with E-state index < -0.39 is 12.1 Å². The number of nitrogens with zero attached hydrogens (tertiary/aromatic N) is 1. The first-order chi connectivity index (χ1) is 18.4. The van der Waals surface area contributed by atoms with Crippen LogP contribution in [0.2, 0.25) is 5.02 Å². The van der Waals surface area contributed by atoms with Gasteiger partial charge in [-0.25, -0.2) is 4.79 Å². The maximum absolute atomic E-state index is 12.5.